The summed E-state index contributed by atoms with van der Waals surface area (Å²) in [6.07, 6.45) is 2.01. The molecule has 0 radical (unpaired) electrons. The predicted molar refractivity (Wildman–Crippen MR) is 140 cm³/mol. The zero-order chi connectivity index (χ0) is 23.0. The molecule has 0 aromatic heterocycles. The molecular weight excluding hydrogens is 425 g/mol. The summed E-state index contributed by atoms with van der Waals surface area (Å²) in [6.45, 7) is 2.41. The summed E-state index contributed by atoms with van der Waals surface area (Å²) in [6, 6.07) is 31.7. The molecule has 3 aromatic carbocycles. The Morgan fingerprint density at radius 3 is 2.09 bits per heavy atom. The lowest BCUT2D eigenvalue weighted by Gasteiger charge is -2.29. The second-order valence-electron chi connectivity index (χ2n) is 9.40. The first kappa shape index (κ1) is 22.7. The van der Waals surface area contributed by atoms with E-state index in [0.717, 1.165) is 12.6 Å². The van der Waals surface area contributed by atoms with E-state index in [-0.39, 0.29) is 24.7 Å². The molecule has 3 aromatic rings. The summed E-state index contributed by atoms with van der Waals surface area (Å²) in [5.74, 6) is 0.546. The van der Waals surface area contributed by atoms with Crippen molar-refractivity contribution in [3.63, 3.8) is 0 Å². The molecule has 5 rings (SSSR count). The van der Waals surface area contributed by atoms with Crippen molar-refractivity contribution in [2.75, 3.05) is 13.2 Å². The van der Waals surface area contributed by atoms with Crippen LogP contribution in [0, 0.1) is 5.92 Å². The van der Waals surface area contributed by atoms with Crippen LogP contribution in [0.2, 0.25) is 0 Å². The third kappa shape index (κ3) is 4.04. The zero-order valence-electron chi connectivity index (χ0n) is 19.4. The number of hydrogen-bond acceptors (Lipinski definition) is 5. The highest BCUT2D eigenvalue weighted by molar-refractivity contribution is 7.95. The van der Waals surface area contributed by atoms with E-state index in [1.807, 2.05) is 7.05 Å². The quantitative estimate of drug-likeness (QED) is 0.257. The van der Waals surface area contributed by atoms with Crippen LogP contribution in [0.15, 0.2) is 84.9 Å². The van der Waals surface area contributed by atoms with Crippen molar-refractivity contribution < 1.29 is 0 Å². The van der Waals surface area contributed by atoms with Gasteiger partial charge in [0, 0.05) is 11.6 Å². The van der Waals surface area contributed by atoms with Crippen LogP contribution in [-0.4, -0.2) is 36.7 Å². The lowest BCUT2D eigenvalue weighted by atomic mass is 9.97. The molecule has 5 nitrogen and oxygen atoms in total. The number of nitrogens with two attached hydrogens (primary N) is 2. The molecule has 1 saturated heterocycles. The summed E-state index contributed by atoms with van der Waals surface area (Å²) in [5, 5.41) is 11.4. The first-order chi connectivity index (χ1) is 16.1. The molecule has 6 N–H and O–H groups in total. The fraction of sp³-hybridized carbons (Fsp3) is 0.333. The fourth-order valence-corrected chi connectivity index (χ4v) is 10.6. The topological polar surface area (TPSA) is 79.1 Å². The van der Waals surface area contributed by atoms with Crippen LogP contribution >= 0.6 is 7.26 Å². The van der Waals surface area contributed by atoms with Gasteiger partial charge in [0.05, 0.1) is 18.5 Å². The number of benzene rings is 3. The first-order valence-electron chi connectivity index (χ1n) is 11.9. The van der Waals surface area contributed by atoms with Crippen LogP contribution in [-0.2, 0) is 0 Å². The molecule has 6 heteroatoms. The van der Waals surface area contributed by atoms with Gasteiger partial charge in [-0.05, 0) is 49.7 Å². The number of nitrogens with zero attached hydrogens (tertiary/aromatic N) is 1. The van der Waals surface area contributed by atoms with E-state index in [0.29, 0.717) is 5.92 Å². The van der Waals surface area contributed by atoms with E-state index in [1.54, 1.807) is 0 Å². The maximum absolute atomic E-state index is 6.38. The molecule has 6 unspecified atom stereocenters. The highest BCUT2D eigenvalue weighted by atomic mass is 31.2. The molecule has 0 bridgehead atoms. The minimum absolute atomic E-state index is 0.0685. The van der Waals surface area contributed by atoms with Crippen LogP contribution in [0.5, 0.6) is 0 Å². The summed E-state index contributed by atoms with van der Waals surface area (Å²) < 4.78 is 0. The van der Waals surface area contributed by atoms with Gasteiger partial charge in [-0.2, -0.15) is 0 Å². The second kappa shape index (κ2) is 9.27. The molecule has 0 amide bonds. The van der Waals surface area contributed by atoms with Gasteiger partial charge in [-0.3, -0.25) is 10.6 Å². The summed E-state index contributed by atoms with van der Waals surface area (Å²) in [7, 11) is 0.0473. The third-order valence-electron chi connectivity index (χ3n) is 7.23. The van der Waals surface area contributed by atoms with E-state index in [4.69, 9.17) is 11.5 Å². The standard InChI is InChI=1S/C27H35N5P/c1-19-17-23(31-26-25(28)32(26)27(29)30-2)22-15-9-10-16-24(22)33(18-19,20-11-5-3-6-12-20)21-13-7-4-8-14-21/h3-16,19,23,25-27,30-31H,17-18,28-29H2,1-2H3/q+1. The van der Waals surface area contributed by atoms with Crippen molar-refractivity contribution in [2.45, 2.75) is 38.0 Å². The minimum Gasteiger partial charge on any atom is -0.313 e. The smallest absolute Gasteiger partial charge is 0.114 e. The molecule has 33 heavy (non-hydrogen) atoms. The highest BCUT2D eigenvalue weighted by Gasteiger charge is 2.53. The van der Waals surface area contributed by atoms with Crippen molar-refractivity contribution in [3.05, 3.63) is 90.5 Å². The highest BCUT2D eigenvalue weighted by Crippen LogP contribution is 2.60. The Morgan fingerprint density at radius 1 is 0.909 bits per heavy atom. The van der Waals surface area contributed by atoms with E-state index < -0.39 is 7.26 Å². The molecule has 2 heterocycles. The Labute approximate surface area is 197 Å². The lowest BCUT2D eigenvalue weighted by Crippen LogP contribution is -2.45. The molecule has 2 aliphatic rings. The zero-order valence-corrected chi connectivity index (χ0v) is 20.3. The van der Waals surface area contributed by atoms with Crippen LogP contribution in [0.1, 0.15) is 24.9 Å². The van der Waals surface area contributed by atoms with E-state index in [9.17, 15) is 0 Å². The molecule has 1 fully saturated rings. The van der Waals surface area contributed by atoms with Crippen molar-refractivity contribution in [1.29, 1.82) is 0 Å². The minimum atomic E-state index is -1.82. The largest absolute Gasteiger partial charge is 0.313 e. The van der Waals surface area contributed by atoms with Gasteiger partial charge in [0.25, 0.3) is 0 Å². The van der Waals surface area contributed by atoms with Gasteiger partial charge in [0.1, 0.15) is 29.5 Å². The molecule has 6 atom stereocenters. The monoisotopic (exact) mass is 460 g/mol. The average molecular weight is 461 g/mol. The van der Waals surface area contributed by atoms with Crippen LogP contribution in [0.3, 0.4) is 0 Å². The molecule has 172 valence electrons. The summed E-state index contributed by atoms with van der Waals surface area (Å²) in [4.78, 5) is 2.09. The molecular formula is C27H35N5P+. The Morgan fingerprint density at radius 2 is 1.48 bits per heavy atom. The number of nitrogens with one attached hydrogen (secondary N) is 2. The van der Waals surface area contributed by atoms with Crippen molar-refractivity contribution in [2.24, 2.45) is 17.4 Å². The van der Waals surface area contributed by atoms with Gasteiger partial charge in [-0.25, -0.2) is 4.90 Å². The molecule has 0 aliphatic carbocycles. The van der Waals surface area contributed by atoms with Gasteiger partial charge in [0.2, 0.25) is 0 Å². The summed E-state index contributed by atoms with van der Waals surface area (Å²) in [5.41, 5.74) is 14.0. The van der Waals surface area contributed by atoms with E-state index in [2.05, 4.69) is 107 Å². The number of fused-ring (bicyclic) bond motifs is 1. The van der Waals surface area contributed by atoms with Gasteiger partial charge >= 0.3 is 0 Å². The van der Waals surface area contributed by atoms with Crippen LogP contribution in [0.25, 0.3) is 0 Å². The molecule has 0 spiro atoms. The Bertz CT molecular complexity index is 1040. The fourth-order valence-electron chi connectivity index (χ4n) is 5.63. The van der Waals surface area contributed by atoms with Crippen LogP contribution in [0.4, 0.5) is 0 Å². The number of hydrogen-bond donors (Lipinski definition) is 4. The first-order valence-corrected chi connectivity index (χ1v) is 13.8. The average Bonchev–Trinajstić information content (AvgIpc) is 3.53. The van der Waals surface area contributed by atoms with Gasteiger partial charge in [-0.1, -0.05) is 61.5 Å². The second-order valence-corrected chi connectivity index (χ2v) is 12.9. The lowest BCUT2D eigenvalue weighted by molar-refractivity contribution is 0.292. The van der Waals surface area contributed by atoms with Gasteiger partial charge in [-0.15, -0.1) is 0 Å². The van der Waals surface area contributed by atoms with E-state index >= 15 is 0 Å². The maximum atomic E-state index is 6.38. The van der Waals surface area contributed by atoms with Crippen molar-refractivity contribution >= 4 is 23.2 Å². The normalized spacial score (nSPS) is 29.0. The Hall–Kier alpha value is -2.11. The van der Waals surface area contributed by atoms with Crippen molar-refractivity contribution in [3.8, 4) is 0 Å². The molecule has 0 saturated carbocycles. The molecule has 2 aliphatic heterocycles. The van der Waals surface area contributed by atoms with Crippen LogP contribution < -0.4 is 38.0 Å². The Kier molecular flexibility index (Phi) is 6.37. The Balaban J connectivity index is 1.63. The van der Waals surface area contributed by atoms with E-state index in [1.165, 1.54) is 21.5 Å². The summed E-state index contributed by atoms with van der Waals surface area (Å²) >= 11 is 0. The van der Waals surface area contributed by atoms with Crippen molar-refractivity contribution in [1.82, 2.24) is 15.5 Å². The maximum Gasteiger partial charge on any atom is 0.114 e. The predicted octanol–water partition coefficient (Wildman–Crippen LogP) is 2.04. The van der Waals surface area contributed by atoms with Gasteiger partial charge in [0.15, 0.2) is 0 Å². The SMILES string of the molecule is CNC(N)N1C(N)C1NC1CC(C)C[P+](c2ccccc2)(c2ccccc2)c2ccccc21. The third-order valence-corrected chi connectivity index (χ3v) is 12.0. The number of rotatable bonds is 6. The van der Waals surface area contributed by atoms with Gasteiger partial charge < -0.3 is 11.5 Å².